The molecule has 22 heavy (non-hydrogen) atoms. The molecule has 0 bridgehead atoms. The van der Waals surface area contributed by atoms with Gasteiger partial charge in [-0.15, -0.1) is 10.2 Å². The molecular weight excluding hydrogens is 288 g/mol. The Morgan fingerprint density at radius 3 is 2.45 bits per heavy atom. The Morgan fingerprint density at radius 1 is 0.773 bits per heavy atom. The summed E-state index contributed by atoms with van der Waals surface area (Å²) in [4.78, 5) is 0. The molecule has 0 saturated heterocycles. The van der Waals surface area contributed by atoms with Crippen LogP contribution in [-0.4, -0.2) is 10.2 Å². The summed E-state index contributed by atoms with van der Waals surface area (Å²) in [6, 6.07) is 23.1. The second-order valence-electron chi connectivity index (χ2n) is 5.31. The molecule has 1 aromatic heterocycles. The Morgan fingerprint density at radius 2 is 1.55 bits per heavy atom. The third-order valence-electron chi connectivity index (χ3n) is 3.71. The summed E-state index contributed by atoms with van der Waals surface area (Å²) in [7, 11) is 0. The number of rotatable bonds is 2. The molecule has 2 nitrogen and oxygen atoms in total. The molecule has 0 radical (unpaired) electrons. The molecule has 0 amide bonds. The van der Waals surface area contributed by atoms with E-state index >= 15 is 0 Å². The molecule has 0 fully saturated rings. The molecule has 0 atom stereocenters. The van der Waals surface area contributed by atoms with Gasteiger partial charge in [-0.3, -0.25) is 0 Å². The van der Waals surface area contributed by atoms with Crippen molar-refractivity contribution in [2.75, 3.05) is 0 Å². The first-order valence-corrected chi connectivity index (χ1v) is 8.01. The number of nitrogens with zero attached hydrogens (tertiary/aromatic N) is 2. The Labute approximate surface area is 133 Å². The second kappa shape index (κ2) is 5.35. The van der Waals surface area contributed by atoms with E-state index in [1.807, 2.05) is 0 Å². The van der Waals surface area contributed by atoms with Crippen LogP contribution in [0.3, 0.4) is 0 Å². The van der Waals surface area contributed by atoms with Gasteiger partial charge in [0.15, 0.2) is 0 Å². The van der Waals surface area contributed by atoms with Crippen LogP contribution in [0.25, 0.3) is 31.9 Å². The Hall–Kier alpha value is -2.52. The van der Waals surface area contributed by atoms with Gasteiger partial charge in [-0.1, -0.05) is 77.6 Å². The van der Waals surface area contributed by atoms with Crippen molar-refractivity contribution in [3.63, 3.8) is 0 Å². The molecule has 0 saturated carbocycles. The van der Waals surface area contributed by atoms with E-state index in [0.29, 0.717) is 0 Å². The number of hydrogen-bond acceptors (Lipinski definition) is 3. The predicted molar refractivity (Wildman–Crippen MR) is 93.0 cm³/mol. The van der Waals surface area contributed by atoms with Crippen molar-refractivity contribution in [3.8, 4) is 21.1 Å². The fourth-order valence-corrected chi connectivity index (χ4v) is 3.52. The minimum Gasteiger partial charge on any atom is -0.138 e. The molecule has 0 unspecified atom stereocenters. The summed E-state index contributed by atoms with van der Waals surface area (Å²) in [6.07, 6.45) is 0. The van der Waals surface area contributed by atoms with Crippen LogP contribution in [0.5, 0.6) is 0 Å². The highest BCUT2D eigenvalue weighted by molar-refractivity contribution is 7.18. The summed E-state index contributed by atoms with van der Waals surface area (Å²) in [5, 5.41) is 13.2. The first-order valence-electron chi connectivity index (χ1n) is 7.20. The highest BCUT2D eigenvalue weighted by Gasteiger charge is 2.11. The summed E-state index contributed by atoms with van der Waals surface area (Å²) < 4.78 is 0. The summed E-state index contributed by atoms with van der Waals surface area (Å²) in [5.74, 6) is 0. The highest BCUT2D eigenvalue weighted by atomic mass is 32.1. The first kappa shape index (κ1) is 13.2. The third kappa shape index (κ3) is 2.30. The maximum Gasteiger partial charge on any atom is 0.148 e. The van der Waals surface area contributed by atoms with Crippen LogP contribution >= 0.6 is 11.3 Å². The Kier molecular flexibility index (Phi) is 3.20. The second-order valence-corrected chi connectivity index (χ2v) is 6.29. The van der Waals surface area contributed by atoms with Crippen molar-refractivity contribution in [1.82, 2.24) is 10.2 Å². The van der Waals surface area contributed by atoms with Gasteiger partial charge in [0.05, 0.1) is 0 Å². The number of hydrogen-bond donors (Lipinski definition) is 0. The van der Waals surface area contributed by atoms with E-state index < -0.39 is 0 Å². The van der Waals surface area contributed by atoms with Crippen molar-refractivity contribution >= 4 is 22.1 Å². The summed E-state index contributed by atoms with van der Waals surface area (Å²) >= 11 is 1.64. The Balaban J connectivity index is 1.84. The van der Waals surface area contributed by atoms with E-state index in [1.54, 1.807) is 11.3 Å². The maximum atomic E-state index is 4.41. The lowest BCUT2D eigenvalue weighted by Crippen LogP contribution is -1.80. The highest BCUT2D eigenvalue weighted by Crippen LogP contribution is 2.34. The topological polar surface area (TPSA) is 25.8 Å². The fraction of sp³-hybridized carbons (Fsp3) is 0.0526. The van der Waals surface area contributed by atoms with Crippen LogP contribution in [0, 0.1) is 6.92 Å². The molecular formula is C19H14N2S. The fourth-order valence-electron chi connectivity index (χ4n) is 2.64. The molecule has 3 aromatic carbocycles. The smallest absolute Gasteiger partial charge is 0.138 e. The van der Waals surface area contributed by atoms with Crippen LogP contribution in [0.2, 0.25) is 0 Å². The number of benzene rings is 3. The Bertz CT molecular complexity index is 951. The number of aromatic nitrogens is 2. The van der Waals surface area contributed by atoms with E-state index in [4.69, 9.17) is 0 Å². The van der Waals surface area contributed by atoms with Crippen LogP contribution in [0.4, 0.5) is 0 Å². The van der Waals surface area contributed by atoms with Gasteiger partial charge in [-0.2, -0.15) is 0 Å². The molecule has 0 aliphatic heterocycles. The van der Waals surface area contributed by atoms with E-state index in [2.05, 4.69) is 83.9 Å². The SMILES string of the molecule is Cc1cccc(-c2nnc(-c3cccc4ccccc34)s2)c1. The lowest BCUT2D eigenvalue weighted by atomic mass is 10.1. The van der Waals surface area contributed by atoms with Crippen molar-refractivity contribution in [1.29, 1.82) is 0 Å². The van der Waals surface area contributed by atoms with Crippen LogP contribution < -0.4 is 0 Å². The molecule has 1 heterocycles. The van der Waals surface area contributed by atoms with Crippen molar-refractivity contribution < 1.29 is 0 Å². The third-order valence-corrected chi connectivity index (χ3v) is 4.72. The number of aryl methyl sites for hydroxylation is 1. The average Bonchev–Trinajstić information content (AvgIpc) is 3.04. The summed E-state index contributed by atoms with van der Waals surface area (Å²) in [5.41, 5.74) is 3.51. The summed E-state index contributed by atoms with van der Waals surface area (Å²) in [6.45, 7) is 2.09. The molecule has 4 aromatic rings. The molecule has 0 N–H and O–H groups in total. The molecule has 3 heteroatoms. The zero-order chi connectivity index (χ0) is 14.9. The van der Waals surface area contributed by atoms with E-state index in [0.717, 1.165) is 21.1 Å². The largest absolute Gasteiger partial charge is 0.148 e. The van der Waals surface area contributed by atoms with Gasteiger partial charge < -0.3 is 0 Å². The van der Waals surface area contributed by atoms with Gasteiger partial charge in [0.2, 0.25) is 0 Å². The predicted octanol–water partition coefficient (Wildman–Crippen LogP) is 5.33. The zero-order valence-electron chi connectivity index (χ0n) is 12.2. The number of fused-ring (bicyclic) bond motifs is 1. The van der Waals surface area contributed by atoms with E-state index in [-0.39, 0.29) is 0 Å². The van der Waals surface area contributed by atoms with E-state index in [1.165, 1.54) is 16.3 Å². The minimum atomic E-state index is 0.964. The quantitative estimate of drug-likeness (QED) is 0.500. The normalized spacial score (nSPS) is 11.0. The van der Waals surface area contributed by atoms with Crippen LogP contribution in [0.15, 0.2) is 66.7 Å². The minimum absolute atomic E-state index is 0.964. The zero-order valence-corrected chi connectivity index (χ0v) is 13.0. The lowest BCUT2D eigenvalue weighted by Gasteiger charge is -2.02. The van der Waals surface area contributed by atoms with Gasteiger partial charge in [0, 0.05) is 11.1 Å². The lowest BCUT2D eigenvalue weighted by molar-refractivity contribution is 1.10. The molecule has 106 valence electrons. The van der Waals surface area contributed by atoms with Gasteiger partial charge in [0.1, 0.15) is 10.0 Å². The average molecular weight is 302 g/mol. The maximum absolute atomic E-state index is 4.41. The van der Waals surface area contributed by atoms with Crippen molar-refractivity contribution in [2.24, 2.45) is 0 Å². The van der Waals surface area contributed by atoms with Gasteiger partial charge in [-0.25, -0.2) is 0 Å². The van der Waals surface area contributed by atoms with Crippen LogP contribution in [0.1, 0.15) is 5.56 Å². The molecule has 0 aliphatic rings. The van der Waals surface area contributed by atoms with Crippen LogP contribution in [-0.2, 0) is 0 Å². The monoisotopic (exact) mass is 302 g/mol. The molecule has 4 rings (SSSR count). The standard InChI is InChI=1S/C19H14N2S/c1-13-6-4-9-15(12-13)18-20-21-19(22-18)17-11-5-8-14-7-2-3-10-16(14)17/h2-12H,1H3. The first-order chi connectivity index (χ1) is 10.8. The van der Waals surface area contributed by atoms with E-state index in [9.17, 15) is 0 Å². The van der Waals surface area contributed by atoms with Gasteiger partial charge in [0.25, 0.3) is 0 Å². The van der Waals surface area contributed by atoms with Gasteiger partial charge in [-0.05, 0) is 23.8 Å². The molecule has 0 spiro atoms. The van der Waals surface area contributed by atoms with Crippen molar-refractivity contribution in [2.45, 2.75) is 6.92 Å². The molecule has 0 aliphatic carbocycles. The van der Waals surface area contributed by atoms with Crippen molar-refractivity contribution in [3.05, 3.63) is 72.3 Å². The van der Waals surface area contributed by atoms with Gasteiger partial charge >= 0.3 is 0 Å².